The molecule has 2 N–H and O–H groups in total. The zero-order chi connectivity index (χ0) is 18.0. The van der Waals surface area contributed by atoms with Crippen LogP contribution in [0.2, 0.25) is 0 Å². The fourth-order valence-electron chi connectivity index (χ4n) is 2.46. The van der Waals surface area contributed by atoms with Crippen molar-refractivity contribution in [3.05, 3.63) is 54.1 Å². The van der Waals surface area contributed by atoms with Crippen LogP contribution in [0.15, 0.2) is 48.5 Å². The molecule has 2 aromatic carbocycles. The molecule has 0 saturated carbocycles. The van der Waals surface area contributed by atoms with Crippen molar-refractivity contribution in [2.45, 2.75) is 18.6 Å². The summed E-state index contributed by atoms with van der Waals surface area (Å²) in [7, 11) is 0. The van der Waals surface area contributed by atoms with Gasteiger partial charge in [-0.1, -0.05) is 24.3 Å². The van der Waals surface area contributed by atoms with Crippen molar-refractivity contribution in [1.29, 1.82) is 0 Å². The Labute approximate surface area is 140 Å². The van der Waals surface area contributed by atoms with E-state index in [9.17, 15) is 22.8 Å². The van der Waals surface area contributed by atoms with Crippen LogP contribution in [0.5, 0.6) is 5.75 Å². The van der Waals surface area contributed by atoms with Gasteiger partial charge in [-0.05, 0) is 24.3 Å². The summed E-state index contributed by atoms with van der Waals surface area (Å²) in [5.41, 5.74) is -0.770. The molecule has 0 fully saturated rings. The van der Waals surface area contributed by atoms with E-state index in [2.05, 4.69) is 10.6 Å². The van der Waals surface area contributed by atoms with E-state index in [-0.39, 0.29) is 12.1 Å². The first-order valence-electron chi connectivity index (χ1n) is 7.38. The van der Waals surface area contributed by atoms with Crippen molar-refractivity contribution in [2.24, 2.45) is 0 Å². The average molecular weight is 350 g/mol. The Morgan fingerprint density at radius 3 is 2.56 bits per heavy atom. The number of halogens is 3. The standard InChI is InChI=1S/C17H13F3N2O3/c18-17(19,20)10-5-1-2-6-11(10)22-15(23)9-13-16(24)25-14-8-4-3-7-12(14)21-13/h1-8,13,21H,9H2,(H,22,23). The lowest BCUT2D eigenvalue weighted by Crippen LogP contribution is -2.40. The number of carbonyl (C=O) groups is 2. The lowest BCUT2D eigenvalue weighted by Gasteiger charge is -2.25. The Hall–Kier alpha value is -3.03. The molecule has 0 bridgehead atoms. The fraction of sp³-hybridized carbons (Fsp3) is 0.176. The number of rotatable bonds is 3. The molecule has 25 heavy (non-hydrogen) atoms. The minimum absolute atomic E-state index is 0.339. The van der Waals surface area contributed by atoms with E-state index >= 15 is 0 Å². The van der Waals surface area contributed by atoms with Crippen LogP contribution >= 0.6 is 0 Å². The third kappa shape index (κ3) is 3.73. The van der Waals surface area contributed by atoms with Crippen LogP contribution in [0.1, 0.15) is 12.0 Å². The number of para-hydroxylation sites is 3. The summed E-state index contributed by atoms with van der Waals surface area (Å²) in [6, 6.07) is 10.3. The maximum Gasteiger partial charge on any atom is 0.418 e. The quantitative estimate of drug-likeness (QED) is 0.657. The highest BCUT2D eigenvalue weighted by atomic mass is 19.4. The first kappa shape index (κ1) is 16.8. The van der Waals surface area contributed by atoms with Crippen molar-refractivity contribution in [3.8, 4) is 5.75 Å². The molecule has 1 aliphatic rings. The highest BCUT2D eigenvalue weighted by Gasteiger charge is 2.34. The van der Waals surface area contributed by atoms with Gasteiger partial charge >= 0.3 is 12.1 Å². The van der Waals surface area contributed by atoms with Crippen LogP contribution < -0.4 is 15.4 Å². The predicted octanol–water partition coefficient (Wildman–Crippen LogP) is 3.43. The smallest absolute Gasteiger partial charge is 0.418 e. The lowest BCUT2D eigenvalue weighted by atomic mass is 10.1. The number of ether oxygens (including phenoxy) is 1. The molecular weight excluding hydrogens is 337 g/mol. The van der Waals surface area contributed by atoms with Gasteiger partial charge in [-0.15, -0.1) is 0 Å². The van der Waals surface area contributed by atoms with Crippen molar-refractivity contribution >= 4 is 23.3 Å². The maximum atomic E-state index is 12.9. The number of amides is 1. The van der Waals surface area contributed by atoms with Crippen molar-refractivity contribution in [1.82, 2.24) is 0 Å². The van der Waals surface area contributed by atoms with Gasteiger partial charge in [0, 0.05) is 0 Å². The number of anilines is 2. The number of benzene rings is 2. The molecule has 1 aliphatic heterocycles. The Balaban J connectivity index is 1.71. The molecular formula is C17H13F3N2O3. The van der Waals surface area contributed by atoms with Gasteiger partial charge in [-0.25, -0.2) is 4.79 Å². The molecule has 5 nitrogen and oxygen atoms in total. The molecule has 0 saturated heterocycles. The number of esters is 1. The number of nitrogens with one attached hydrogen (secondary N) is 2. The molecule has 0 spiro atoms. The molecule has 0 aromatic heterocycles. The number of alkyl halides is 3. The van der Waals surface area contributed by atoms with Crippen molar-refractivity contribution < 1.29 is 27.5 Å². The van der Waals surface area contributed by atoms with Crippen molar-refractivity contribution in [2.75, 3.05) is 10.6 Å². The maximum absolute atomic E-state index is 12.9. The van der Waals surface area contributed by atoms with Gasteiger partial charge in [0.1, 0.15) is 6.04 Å². The van der Waals surface area contributed by atoms with Crippen LogP contribution in [-0.4, -0.2) is 17.9 Å². The normalized spacial score (nSPS) is 16.4. The van der Waals surface area contributed by atoms with E-state index in [4.69, 9.17) is 4.74 Å². The zero-order valence-electron chi connectivity index (χ0n) is 12.8. The molecule has 130 valence electrons. The molecule has 8 heteroatoms. The molecule has 0 radical (unpaired) electrons. The second kappa shape index (κ2) is 6.46. The van der Waals surface area contributed by atoms with Crippen LogP contribution in [-0.2, 0) is 15.8 Å². The summed E-state index contributed by atoms with van der Waals surface area (Å²) in [6.45, 7) is 0. The highest BCUT2D eigenvalue weighted by Crippen LogP contribution is 2.35. The summed E-state index contributed by atoms with van der Waals surface area (Å²) in [5.74, 6) is -1.06. The van der Waals surface area contributed by atoms with Gasteiger partial charge in [0.05, 0.1) is 23.4 Å². The second-order valence-corrected chi connectivity index (χ2v) is 5.41. The van der Waals surface area contributed by atoms with Gasteiger partial charge in [-0.3, -0.25) is 4.79 Å². The fourth-order valence-corrected chi connectivity index (χ4v) is 2.46. The molecule has 1 heterocycles. The molecule has 3 rings (SSSR count). The van der Waals surface area contributed by atoms with E-state index < -0.39 is 29.7 Å². The number of carbonyl (C=O) groups excluding carboxylic acids is 2. The van der Waals surface area contributed by atoms with E-state index in [1.807, 2.05) is 0 Å². The summed E-state index contributed by atoms with van der Waals surface area (Å²) >= 11 is 0. The number of fused-ring (bicyclic) bond motifs is 1. The van der Waals surface area contributed by atoms with E-state index in [0.717, 1.165) is 12.1 Å². The van der Waals surface area contributed by atoms with Crippen molar-refractivity contribution in [3.63, 3.8) is 0 Å². The Morgan fingerprint density at radius 2 is 1.80 bits per heavy atom. The Morgan fingerprint density at radius 1 is 1.12 bits per heavy atom. The van der Waals surface area contributed by atoms with E-state index in [1.54, 1.807) is 24.3 Å². The largest absolute Gasteiger partial charge is 0.423 e. The topological polar surface area (TPSA) is 67.4 Å². The Bertz CT molecular complexity index is 821. The Kier molecular flexibility index (Phi) is 4.35. The summed E-state index contributed by atoms with van der Waals surface area (Å²) in [5, 5.41) is 5.05. The van der Waals surface area contributed by atoms with E-state index in [1.165, 1.54) is 12.1 Å². The van der Waals surface area contributed by atoms with Gasteiger partial charge in [-0.2, -0.15) is 13.2 Å². The highest BCUT2D eigenvalue weighted by molar-refractivity contribution is 5.97. The first-order valence-corrected chi connectivity index (χ1v) is 7.38. The number of hydrogen-bond acceptors (Lipinski definition) is 4. The van der Waals surface area contributed by atoms with Gasteiger partial charge in [0.2, 0.25) is 5.91 Å². The summed E-state index contributed by atoms with van der Waals surface area (Å²) in [4.78, 5) is 24.0. The number of hydrogen-bond donors (Lipinski definition) is 2. The molecule has 1 atom stereocenters. The van der Waals surface area contributed by atoms with Crippen LogP contribution in [0.25, 0.3) is 0 Å². The molecule has 0 aliphatic carbocycles. The van der Waals surface area contributed by atoms with Gasteiger partial charge < -0.3 is 15.4 Å². The first-order chi connectivity index (χ1) is 11.8. The predicted molar refractivity (Wildman–Crippen MR) is 84.2 cm³/mol. The van der Waals surface area contributed by atoms with Crippen LogP contribution in [0.3, 0.4) is 0 Å². The van der Waals surface area contributed by atoms with Crippen LogP contribution in [0.4, 0.5) is 24.5 Å². The van der Waals surface area contributed by atoms with Crippen LogP contribution in [0, 0.1) is 0 Å². The lowest BCUT2D eigenvalue weighted by molar-refractivity contribution is -0.138. The zero-order valence-corrected chi connectivity index (χ0v) is 12.8. The summed E-state index contributed by atoms with van der Waals surface area (Å²) < 4.78 is 44.0. The second-order valence-electron chi connectivity index (χ2n) is 5.41. The molecule has 1 amide bonds. The third-order valence-corrected chi connectivity index (χ3v) is 3.61. The monoisotopic (exact) mass is 350 g/mol. The van der Waals surface area contributed by atoms with E-state index in [0.29, 0.717) is 11.4 Å². The summed E-state index contributed by atoms with van der Waals surface area (Å²) in [6.07, 6.45) is -4.95. The minimum Gasteiger partial charge on any atom is -0.423 e. The average Bonchev–Trinajstić information content (AvgIpc) is 2.55. The van der Waals surface area contributed by atoms with Gasteiger partial charge in [0.15, 0.2) is 5.75 Å². The SMILES string of the molecule is O=C(CC1Nc2ccccc2OC1=O)Nc1ccccc1C(F)(F)F. The minimum atomic E-state index is -4.59. The van der Waals surface area contributed by atoms with Gasteiger partial charge in [0.25, 0.3) is 0 Å². The molecule has 2 aromatic rings. The third-order valence-electron chi connectivity index (χ3n) is 3.61. The molecule has 1 unspecified atom stereocenters.